The van der Waals surface area contributed by atoms with E-state index in [1.807, 2.05) is 24.3 Å². The summed E-state index contributed by atoms with van der Waals surface area (Å²) in [7, 11) is -1.67. The molecule has 0 heterocycles. The number of hydrogen-bond acceptors (Lipinski definition) is 3. The van der Waals surface area contributed by atoms with Gasteiger partial charge in [0.25, 0.3) is 0 Å². The lowest BCUT2D eigenvalue weighted by molar-refractivity contribution is 0.292. The second-order valence-corrected chi connectivity index (χ2v) is 11.4. The fourth-order valence-electron chi connectivity index (χ4n) is 1.54. The molecule has 0 saturated heterocycles. The van der Waals surface area contributed by atoms with E-state index in [2.05, 4.69) is 39.0 Å². The standard InChI is InChI=1S/C15H26N2O2Si/c1-15(2,3)20(4,5)19-11-10-12-6-8-13(9-7-12)14(16)17-18/h6-9,18H,10-11H2,1-5H3,(H2,16,17). The zero-order chi connectivity index (χ0) is 15.4. The molecule has 1 aromatic rings. The Bertz CT molecular complexity index is 462. The van der Waals surface area contributed by atoms with Gasteiger partial charge >= 0.3 is 0 Å². The van der Waals surface area contributed by atoms with E-state index in [4.69, 9.17) is 15.4 Å². The molecule has 20 heavy (non-hydrogen) atoms. The maximum Gasteiger partial charge on any atom is 0.191 e. The highest BCUT2D eigenvalue weighted by Gasteiger charge is 2.36. The Hall–Kier alpha value is -1.33. The van der Waals surface area contributed by atoms with Crippen LogP contribution in [0.3, 0.4) is 0 Å². The molecule has 0 atom stereocenters. The largest absolute Gasteiger partial charge is 0.416 e. The first-order valence-corrected chi connectivity index (χ1v) is 9.79. The average molecular weight is 294 g/mol. The summed E-state index contributed by atoms with van der Waals surface area (Å²) in [6.07, 6.45) is 0.878. The second kappa shape index (κ2) is 6.41. The van der Waals surface area contributed by atoms with E-state index in [0.29, 0.717) is 0 Å². The first-order valence-electron chi connectivity index (χ1n) is 6.88. The number of nitrogens with two attached hydrogens (primary N) is 1. The van der Waals surface area contributed by atoms with E-state index in [0.717, 1.165) is 18.6 Å². The van der Waals surface area contributed by atoms with E-state index < -0.39 is 8.32 Å². The molecular weight excluding hydrogens is 268 g/mol. The van der Waals surface area contributed by atoms with Crippen molar-refractivity contribution in [3.05, 3.63) is 35.4 Å². The molecule has 0 radical (unpaired) electrons. The Kier molecular flexibility index (Phi) is 5.36. The Morgan fingerprint density at radius 2 is 1.80 bits per heavy atom. The van der Waals surface area contributed by atoms with Crippen LogP contribution in [0, 0.1) is 0 Å². The summed E-state index contributed by atoms with van der Waals surface area (Å²) in [5, 5.41) is 11.8. The number of benzene rings is 1. The van der Waals surface area contributed by atoms with Crippen molar-refractivity contribution in [2.24, 2.45) is 10.9 Å². The zero-order valence-corrected chi connectivity index (χ0v) is 14.1. The lowest BCUT2D eigenvalue weighted by Gasteiger charge is -2.36. The monoisotopic (exact) mass is 294 g/mol. The SMILES string of the molecule is CC(C)(C)[Si](C)(C)OCCc1ccc(/C(N)=N/O)cc1. The summed E-state index contributed by atoms with van der Waals surface area (Å²) in [6, 6.07) is 7.69. The third-order valence-corrected chi connectivity index (χ3v) is 8.56. The van der Waals surface area contributed by atoms with Crippen LogP contribution in [0.25, 0.3) is 0 Å². The first-order chi connectivity index (χ1) is 9.17. The molecule has 1 rings (SSSR count). The minimum atomic E-state index is -1.67. The van der Waals surface area contributed by atoms with Gasteiger partial charge in [-0.1, -0.05) is 50.2 Å². The third-order valence-electron chi connectivity index (χ3n) is 4.02. The molecule has 0 aromatic heterocycles. The molecule has 4 nitrogen and oxygen atoms in total. The topological polar surface area (TPSA) is 67.8 Å². The van der Waals surface area contributed by atoms with Crippen molar-refractivity contribution in [1.29, 1.82) is 0 Å². The normalized spacial score (nSPS) is 13.6. The molecule has 0 saturated carbocycles. The highest BCUT2D eigenvalue weighted by Crippen LogP contribution is 2.36. The van der Waals surface area contributed by atoms with E-state index in [-0.39, 0.29) is 10.9 Å². The van der Waals surface area contributed by atoms with Crippen LogP contribution in [0.1, 0.15) is 31.9 Å². The number of oxime groups is 1. The van der Waals surface area contributed by atoms with Crippen LogP contribution in [0.2, 0.25) is 18.1 Å². The molecule has 0 unspecified atom stereocenters. The van der Waals surface area contributed by atoms with Crippen molar-refractivity contribution in [1.82, 2.24) is 0 Å². The van der Waals surface area contributed by atoms with Gasteiger partial charge in [0.05, 0.1) is 0 Å². The van der Waals surface area contributed by atoms with Gasteiger partial charge in [-0.25, -0.2) is 0 Å². The molecule has 112 valence electrons. The average Bonchev–Trinajstić information content (AvgIpc) is 2.37. The molecule has 0 aliphatic rings. The molecule has 1 aromatic carbocycles. The van der Waals surface area contributed by atoms with Gasteiger partial charge in [-0.15, -0.1) is 0 Å². The number of rotatable bonds is 5. The van der Waals surface area contributed by atoms with Crippen molar-refractivity contribution in [2.45, 2.75) is 45.3 Å². The van der Waals surface area contributed by atoms with Crippen molar-refractivity contribution in [3.8, 4) is 0 Å². The fraction of sp³-hybridized carbons (Fsp3) is 0.533. The van der Waals surface area contributed by atoms with E-state index in [1.165, 1.54) is 5.56 Å². The minimum Gasteiger partial charge on any atom is -0.416 e. The quantitative estimate of drug-likeness (QED) is 0.288. The van der Waals surface area contributed by atoms with Crippen LogP contribution in [0.4, 0.5) is 0 Å². The number of nitrogens with zero attached hydrogens (tertiary/aromatic N) is 1. The van der Waals surface area contributed by atoms with Crippen molar-refractivity contribution < 1.29 is 9.63 Å². The van der Waals surface area contributed by atoms with Gasteiger partial charge < -0.3 is 15.4 Å². The summed E-state index contributed by atoms with van der Waals surface area (Å²) < 4.78 is 6.15. The lowest BCUT2D eigenvalue weighted by atomic mass is 10.1. The summed E-state index contributed by atoms with van der Waals surface area (Å²) in [5.74, 6) is 0.133. The predicted molar refractivity (Wildman–Crippen MR) is 85.8 cm³/mol. The predicted octanol–water partition coefficient (Wildman–Crippen LogP) is 3.35. The van der Waals surface area contributed by atoms with Gasteiger partial charge in [0.2, 0.25) is 0 Å². The molecular formula is C15H26N2O2Si. The Morgan fingerprint density at radius 3 is 2.25 bits per heavy atom. The maximum absolute atomic E-state index is 8.61. The highest BCUT2D eigenvalue weighted by molar-refractivity contribution is 6.74. The van der Waals surface area contributed by atoms with Gasteiger partial charge in [-0.05, 0) is 30.1 Å². The van der Waals surface area contributed by atoms with Crippen LogP contribution < -0.4 is 5.73 Å². The number of amidine groups is 1. The van der Waals surface area contributed by atoms with Gasteiger partial charge in [0, 0.05) is 12.2 Å². The summed E-state index contributed by atoms with van der Waals surface area (Å²) in [6.45, 7) is 12.0. The van der Waals surface area contributed by atoms with Gasteiger partial charge in [-0.3, -0.25) is 0 Å². The smallest absolute Gasteiger partial charge is 0.191 e. The first kappa shape index (κ1) is 16.7. The van der Waals surface area contributed by atoms with Crippen molar-refractivity contribution in [3.63, 3.8) is 0 Å². The summed E-state index contributed by atoms with van der Waals surface area (Å²) >= 11 is 0. The van der Waals surface area contributed by atoms with E-state index in [9.17, 15) is 0 Å². The van der Waals surface area contributed by atoms with Crippen LogP contribution in [-0.2, 0) is 10.8 Å². The van der Waals surface area contributed by atoms with Gasteiger partial charge in [0.1, 0.15) is 0 Å². The maximum atomic E-state index is 8.61. The van der Waals surface area contributed by atoms with Crippen LogP contribution in [0.15, 0.2) is 29.4 Å². The molecule has 0 spiro atoms. The highest BCUT2D eigenvalue weighted by atomic mass is 28.4. The molecule has 3 N–H and O–H groups in total. The zero-order valence-electron chi connectivity index (χ0n) is 13.1. The summed E-state index contributed by atoms with van der Waals surface area (Å²) in [5.41, 5.74) is 7.45. The van der Waals surface area contributed by atoms with E-state index >= 15 is 0 Å². The van der Waals surface area contributed by atoms with Gasteiger partial charge in [0.15, 0.2) is 14.2 Å². The molecule has 0 aliphatic carbocycles. The molecule has 0 bridgehead atoms. The van der Waals surface area contributed by atoms with Crippen molar-refractivity contribution in [2.75, 3.05) is 6.61 Å². The number of hydrogen-bond donors (Lipinski definition) is 2. The summed E-state index contributed by atoms with van der Waals surface area (Å²) in [4.78, 5) is 0. The molecule has 0 amide bonds. The van der Waals surface area contributed by atoms with Gasteiger partial charge in [-0.2, -0.15) is 0 Å². The van der Waals surface area contributed by atoms with Crippen LogP contribution >= 0.6 is 0 Å². The second-order valence-electron chi connectivity index (χ2n) is 6.54. The molecule has 5 heteroatoms. The molecule has 0 aliphatic heterocycles. The molecule has 0 fully saturated rings. The Balaban J connectivity index is 2.55. The third kappa shape index (κ3) is 4.35. The lowest BCUT2D eigenvalue weighted by Crippen LogP contribution is -2.41. The van der Waals surface area contributed by atoms with E-state index in [1.54, 1.807) is 0 Å². The Labute approximate surface area is 122 Å². The van der Waals surface area contributed by atoms with Crippen LogP contribution in [-0.4, -0.2) is 26.0 Å². The Morgan fingerprint density at radius 1 is 1.25 bits per heavy atom. The van der Waals surface area contributed by atoms with Crippen molar-refractivity contribution >= 4 is 14.2 Å². The fourth-order valence-corrected chi connectivity index (χ4v) is 2.59. The minimum absolute atomic E-state index is 0.133. The van der Waals surface area contributed by atoms with Crippen LogP contribution in [0.5, 0.6) is 0 Å².